The molecule has 2 aromatic carbocycles. The van der Waals surface area contributed by atoms with Crippen molar-refractivity contribution in [2.45, 2.75) is 6.10 Å². The number of aliphatic hydroxyl groups excluding tert-OH is 1. The molecule has 0 aliphatic heterocycles. The van der Waals surface area contributed by atoms with Crippen molar-refractivity contribution in [1.29, 1.82) is 0 Å². The van der Waals surface area contributed by atoms with Gasteiger partial charge in [-0.15, -0.1) is 11.3 Å². The first-order valence-electron chi connectivity index (χ1n) is 5.76. The molecule has 3 rings (SSSR count). The first-order chi connectivity index (χ1) is 9.13. The van der Waals surface area contributed by atoms with Crippen molar-refractivity contribution in [3.63, 3.8) is 0 Å². The van der Waals surface area contributed by atoms with Crippen LogP contribution in [0.3, 0.4) is 0 Å². The van der Waals surface area contributed by atoms with Crippen LogP contribution in [0.1, 0.15) is 16.5 Å². The molecule has 0 fully saturated rings. The minimum atomic E-state index is -0.710. The summed E-state index contributed by atoms with van der Waals surface area (Å²) in [6.07, 6.45) is -0.710. The largest absolute Gasteiger partial charge is 0.383 e. The Morgan fingerprint density at radius 3 is 2.53 bits per heavy atom. The molecule has 0 aliphatic carbocycles. The zero-order chi connectivity index (χ0) is 13.4. The molecule has 1 nitrogen and oxygen atoms in total. The molecule has 0 saturated heterocycles. The molecule has 3 aromatic rings. The highest BCUT2D eigenvalue weighted by molar-refractivity contribution is 7.19. The molecule has 0 radical (unpaired) electrons. The summed E-state index contributed by atoms with van der Waals surface area (Å²) in [5.41, 5.74) is 0.774. The summed E-state index contributed by atoms with van der Waals surface area (Å²) in [7, 11) is 0. The van der Waals surface area contributed by atoms with E-state index in [9.17, 15) is 9.50 Å². The van der Waals surface area contributed by atoms with E-state index in [-0.39, 0.29) is 5.82 Å². The zero-order valence-electron chi connectivity index (χ0n) is 9.81. The predicted octanol–water partition coefficient (Wildman–Crippen LogP) is 4.78. The van der Waals surface area contributed by atoms with Gasteiger partial charge >= 0.3 is 0 Å². The second kappa shape index (κ2) is 4.93. The second-order valence-electron chi connectivity index (χ2n) is 4.29. The minimum Gasteiger partial charge on any atom is -0.383 e. The van der Waals surface area contributed by atoms with Gasteiger partial charge in [0.25, 0.3) is 0 Å². The van der Waals surface area contributed by atoms with Crippen LogP contribution in [0.25, 0.3) is 10.1 Å². The normalized spacial score (nSPS) is 12.8. The lowest BCUT2D eigenvalue weighted by molar-refractivity contribution is 0.224. The standard InChI is InChI=1S/C15H10ClFOS/c16-11-4-1-9(2-5-11)15(18)14-7-10-3-6-12(17)8-13(10)19-14/h1-8,15,18H. The van der Waals surface area contributed by atoms with Crippen LogP contribution in [0, 0.1) is 5.82 Å². The molecule has 0 bridgehead atoms. The molecule has 1 atom stereocenters. The third-order valence-corrected chi connectivity index (χ3v) is 4.36. The van der Waals surface area contributed by atoms with E-state index in [0.717, 1.165) is 20.5 Å². The lowest BCUT2D eigenvalue weighted by Gasteiger charge is -2.08. The molecule has 1 N–H and O–H groups in total. The van der Waals surface area contributed by atoms with Crippen LogP contribution in [0.4, 0.5) is 4.39 Å². The quantitative estimate of drug-likeness (QED) is 0.721. The van der Waals surface area contributed by atoms with Crippen LogP contribution in [0.15, 0.2) is 48.5 Å². The summed E-state index contributed by atoms with van der Waals surface area (Å²) in [6.45, 7) is 0. The molecule has 1 heterocycles. The fourth-order valence-electron chi connectivity index (χ4n) is 1.97. The number of halogens is 2. The van der Waals surface area contributed by atoms with Gasteiger partial charge in [-0.05, 0) is 41.3 Å². The maximum Gasteiger partial charge on any atom is 0.124 e. The van der Waals surface area contributed by atoms with Crippen LogP contribution in [-0.2, 0) is 0 Å². The number of thiophene rings is 1. The van der Waals surface area contributed by atoms with Crippen molar-refractivity contribution in [2.75, 3.05) is 0 Å². The third kappa shape index (κ3) is 2.50. The lowest BCUT2D eigenvalue weighted by atomic mass is 10.1. The molecule has 0 spiro atoms. The van der Waals surface area contributed by atoms with Gasteiger partial charge in [0.1, 0.15) is 11.9 Å². The van der Waals surface area contributed by atoms with Crippen LogP contribution in [0.5, 0.6) is 0 Å². The molecule has 0 amide bonds. The molecule has 19 heavy (non-hydrogen) atoms. The fourth-order valence-corrected chi connectivity index (χ4v) is 3.20. The first kappa shape index (κ1) is 12.6. The number of fused-ring (bicyclic) bond motifs is 1. The average molecular weight is 293 g/mol. The highest BCUT2D eigenvalue weighted by Crippen LogP contribution is 2.33. The predicted molar refractivity (Wildman–Crippen MR) is 77.3 cm³/mol. The highest BCUT2D eigenvalue weighted by Gasteiger charge is 2.14. The maximum atomic E-state index is 13.1. The monoisotopic (exact) mass is 292 g/mol. The van der Waals surface area contributed by atoms with Gasteiger partial charge in [0.05, 0.1) is 0 Å². The maximum absolute atomic E-state index is 13.1. The van der Waals surface area contributed by atoms with E-state index < -0.39 is 6.10 Å². The van der Waals surface area contributed by atoms with Crippen LogP contribution >= 0.6 is 22.9 Å². The summed E-state index contributed by atoms with van der Waals surface area (Å²) in [5, 5.41) is 11.9. The fraction of sp³-hybridized carbons (Fsp3) is 0.0667. The van der Waals surface area contributed by atoms with Gasteiger partial charge < -0.3 is 5.11 Å². The number of hydrogen-bond acceptors (Lipinski definition) is 2. The second-order valence-corrected chi connectivity index (χ2v) is 5.84. The summed E-state index contributed by atoms with van der Waals surface area (Å²) < 4.78 is 14.0. The number of aliphatic hydroxyl groups is 1. The van der Waals surface area contributed by atoms with E-state index >= 15 is 0 Å². The van der Waals surface area contributed by atoms with Gasteiger partial charge in [-0.3, -0.25) is 0 Å². The van der Waals surface area contributed by atoms with Crippen molar-refractivity contribution < 1.29 is 9.50 Å². The van der Waals surface area contributed by atoms with Gasteiger partial charge in [-0.1, -0.05) is 29.8 Å². The number of hydrogen-bond donors (Lipinski definition) is 1. The van der Waals surface area contributed by atoms with E-state index in [2.05, 4.69) is 0 Å². The van der Waals surface area contributed by atoms with Crippen molar-refractivity contribution in [1.82, 2.24) is 0 Å². The molecular weight excluding hydrogens is 283 g/mol. The van der Waals surface area contributed by atoms with Gasteiger partial charge in [0, 0.05) is 14.6 Å². The third-order valence-electron chi connectivity index (χ3n) is 2.96. The Bertz CT molecular complexity index is 721. The van der Waals surface area contributed by atoms with Gasteiger partial charge in [-0.25, -0.2) is 4.39 Å². The molecule has 1 unspecified atom stereocenters. The van der Waals surface area contributed by atoms with Crippen LogP contribution in [0.2, 0.25) is 5.02 Å². The lowest BCUT2D eigenvalue weighted by Crippen LogP contribution is -1.95. The molecule has 96 valence electrons. The van der Waals surface area contributed by atoms with E-state index in [4.69, 9.17) is 11.6 Å². The van der Waals surface area contributed by atoms with E-state index in [1.165, 1.54) is 23.5 Å². The van der Waals surface area contributed by atoms with Crippen molar-refractivity contribution in [3.05, 3.63) is 69.8 Å². The Hall–Kier alpha value is -1.42. The zero-order valence-corrected chi connectivity index (χ0v) is 11.4. The number of rotatable bonds is 2. The molecule has 0 aliphatic rings. The molecule has 0 saturated carbocycles. The van der Waals surface area contributed by atoms with E-state index in [1.54, 1.807) is 30.3 Å². The highest BCUT2D eigenvalue weighted by atomic mass is 35.5. The van der Waals surface area contributed by atoms with E-state index in [1.807, 2.05) is 6.07 Å². The van der Waals surface area contributed by atoms with Gasteiger partial charge in [0.15, 0.2) is 0 Å². The number of benzene rings is 2. The molecular formula is C15H10ClFOS. The SMILES string of the molecule is OC(c1ccc(Cl)cc1)c1cc2ccc(F)cc2s1. The Labute approximate surface area is 118 Å². The summed E-state index contributed by atoms with van der Waals surface area (Å²) >= 11 is 7.22. The van der Waals surface area contributed by atoms with Crippen LogP contribution in [-0.4, -0.2) is 5.11 Å². The van der Waals surface area contributed by atoms with E-state index in [0.29, 0.717) is 5.02 Å². The molecule has 1 aromatic heterocycles. The summed E-state index contributed by atoms with van der Waals surface area (Å²) in [5.74, 6) is -0.262. The van der Waals surface area contributed by atoms with Gasteiger partial charge in [0.2, 0.25) is 0 Å². The Morgan fingerprint density at radius 1 is 1.05 bits per heavy atom. The Morgan fingerprint density at radius 2 is 1.79 bits per heavy atom. The van der Waals surface area contributed by atoms with Crippen molar-refractivity contribution in [3.8, 4) is 0 Å². The van der Waals surface area contributed by atoms with Crippen molar-refractivity contribution >= 4 is 33.0 Å². The smallest absolute Gasteiger partial charge is 0.124 e. The average Bonchev–Trinajstić information content (AvgIpc) is 2.81. The van der Waals surface area contributed by atoms with Gasteiger partial charge in [-0.2, -0.15) is 0 Å². The minimum absolute atomic E-state index is 0.262. The van der Waals surface area contributed by atoms with Crippen LogP contribution < -0.4 is 0 Å². The Kier molecular flexibility index (Phi) is 3.27. The molecule has 4 heteroatoms. The first-order valence-corrected chi connectivity index (χ1v) is 6.95. The summed E-state index contributed by atoms with van der Waals surface area (Å²) in [6, 6.07) is 13.6. The Balaban J connectivity index is 2.01. The summed E-state index contributed by atoms with van der Waals surface area (Å²) in [4.78, 5) is 0.794. The van der Waals surface area contributed by atoms with Crippen molar-refractivity contribution in [2.24, 2.45) is 0 Å². The topological polar surface area (TPSA) is 20.2 Å².